The highest BCUT2D eigenvalue weighted by atomic mass is 14.9. The van der Waals surface area contributed by atoms with Crippen LogP contribution in [-0.4, -0.2) is 13.1 Å². The highest BCUT2D eigenvalue weighted by Gasteiger charge is 2.07. The molecule has 0 aromatic heterocycles. The Morgan fingerprint density at radius 2 is 2.18 bits per heavy atom. The number of rotatable bonds is 3. The van der Waals surface area contributed by atoms with E-state index in [9.17, 15) is 0 Å². The van der Waals surface area contributed by atoms with Crippen molar-refractivity contribution < 1.29 is 0 Å². The molecule has 1 aliphatic heterocycles. The molecular formula is C10H19N. The first-order valence-corrected chi connectivity index (χ1v) is 4.77. The van der Waals surface area contributed by atoms with Gasteiger partial charge in [-0.25, -0.2) is 0 Å². The van der Waals surface area contributed by atoms with E-state index in [4.69, 9.17) is 0 Å². The van der Waals surface area contributed by atoms with Gasteiger partial charge < -0.3 is 5.32 Å². The van der Waals surface area contributed by atoms with E-state index in [0.29, 0.717) is 0 Å². The van der Waals surface area contributed by atoms with Crippen LogP contribution < -0.4 is 5.32 Å². The molecule has 0 amide bonds. The Labute approximate surface area is 69.9 Å². The van der Waals surface area contributed by atoms with Gasteiger partial charge in [-0.05, 0) is 31.7 Å². The van der Waals surface area contributed by atoms with Gasteiger partial charge in [-0.1, -0.05) is 25.5 Å². The molecule has 64 valence electrons. The molecule has 0 radical (unpaired) electrons. The second-order valence-electron chi connectivity index (χ2n) is 3.33. The lowest BCUT2D eigenvalue weighted by molar-refractivity contribution is 0.601. The third-order valence-corrected chi connectivity index (χ3v) is 2.50. The Balaban J connectivity index is 2.40. The van der Waals surface area contributed by atoms with Crippen LogP contribution in [0.4, 0.5) is 0 Å². The van der Waals surface area contributed by atoms with Gasteiger partial charge in [0.2, 0.25) is 0 Å². The Kier molecular flexibility index (Phi) is 3.64. The maximum atomic E-state index is 3.36. The highest BCUT2D eigenvalue weighted by molar-refractivity contribution is 5.10. The SMILES string of the molecule is CCC(/C=C1/CCNC1)CC. The smallest absolute Gasteiger partial charge is 0.0165 e. The highest BCUT2D eigenvalue weighted by Crippen LogP contribution is 2.15. The topological polar surface area (TPSA) is 12.0 Å². The normalized spacial score (nSPS) is 21.9. The van der Waals surface area contributed by atoms with Crippen LogP contribution in [0.5, 0.6) is 0 Å². The third-order valence-electron chi connectivity index (χ3n) is 2.50. The Morgan fingerprint density at radius 1 is 1.45 bits per heavy atom. The molecule has 1 N–H and O–H groups in total. The predicted molar refractivity (Wildman–Crippen MR) is 49.6 cm³/mol. The van der Waals surface area contributed by atoms with Crippen LogP contribution in [0.3, 0.4) is 0 Å². The molecule has 1 heteroatoms. The lowest BCUT2D eigenvalue weighted by Crippen LogP contribution is -2.05. The van der Waals surface area contributed by atoms with Crippen LogP contribution in [0, 0.1) is 5.92 Å². The van der Waals surface area contributed by atoms with Gasteiger partial charge in [0.15, 0.2) is 0 Å². The minimum atomic E-state index is 0.824. The fraction of sp³-hybridized carbons (Fsp3) is 0.800. The molecule has 1 heterocycles. The Bertz CT molecular complexity index is 126. The average Bonchev–Trinajstić information content (AvgIpc) is 2.52. The Hall–Kier alpha value is -0.300. The first kappa shape index (κ1) is 8.79. The molecule has 0 atom stereocenters. The molecular weight excluding hydrogens is 134 g/mol. The van der Waals surface area contributed by atoms with Gasteiger partial charge in [-0.3, -0.25) is 0 Å². The zero-order valence-electron chi connectivity index (χ0n) is 7.69. The first-order valence-electron chi connectivity index (χ1n) is 4.77. The standard InChI is InChI=1S/C10H19N/c1-3-9(4-2)7-10-5-6-11-8-10/h7,9,11H,3-6,8H2,1-2H3/b10-7-. The summed E-state index contributed by atoms with van der Waals surface area (Å²) in [7, 11) is 0. The van der Waals surface area contributed by atoms with Crippen molar-refractivity contribution in [2.75, 3.05) is 13.1 Å². The second kappa shape index (κ2) is 4.55. The third kappa shape index (κ3) is 2.66. The summed E-state index contributed by atoms with van der Waals surface area (Å²) in [5.74, 6) is 0.824. The summed E-state index contributed by atoms with van der Waals surface area (Å²) in [6, 6.07) is 0. The fourth-order valence-corrected chi connectivity index (χ4v) is 1.59. The lowest BCUT2D eigenvalue weighted by Gasteiger charge is -2.06. The number of nitrogens with one attached hydrogen (secondary N) is 1. The summed E-state index contributed by atoms with van der Waals surface area (Å²) in [5, 5.41) is 3.36. The van der Waals surface area contributed by atoms with Crippen molar-refractivity contribution in [3.63, 3.8) is 0 Å². The molecule has 1 nitrogen and oxygen atoms in total. The van der Waals surface area contributed by atoms with Crippen molar-refractivity contribution in [2.45, 2.75) is 33.1 Å². The number of hydrogen-bond donors (Lipinski definition) is 1. The zero-order valence-corrected chi connectivity index (χ0v) is 7.69. The number of hydrogen-bond acceptors (Lipinski definition) is 1. The van der Waals surface area contributed by atoms with E-state index in [1.807, 2.05) is 0 Å². The maximum absolute atomic E-state index is 3.36. The van der Waals surface area contributed by atoms with Gasteiger partial charge in [0, 0.05) is 6.54 Å². The van der Waals surface area contributed by atoms with E-state index < -0.39 is 0 Å². The van der Waals surface area contributed by atoms with Crippen LogP contribution in [0.25, 0.3) is 0 Å². The molecule has 0 aromatic rings. The van der Waals surface area contributed by atoms with Crippen LogP contribution in [0.1, 0.15) is 33.1 Å². The summed E-state index contributed by atoms with van der Waals surface area (Å²) in [4.78, 5) is 0. The van der Waals surface area contributed by atoms with Crippen molar-refractivity contribution >= 4 is 0 Å². The monoisotopic (exact) mass is 153 g/mol. The summed E-state index contributed by atoms with van der Waals surface area (Å²) >= 11 is 0. The van der Waals surface area contributed by atoms with Crippen molar-refractivity contribution in [1.29, 1.82) is 0 Å². The molecule has 1 fully saturated rings. The van der Waals surface area contributed by atoms with Gasteiger partial charge >= 0.3 is 0 Å². The maximum Gasteiger partial charge on any atom is 0.0165 e. The average molecular weight is 153 g/mol. The van der Waals surface area contributed by atoms with E-state index >= 15 is 0 Å². The minimum absolute atomic E-state index is 0.824. The van der Waals surface area contributed by atoms with Crippen molar-refractivity contribution in [3.8, 4) is 0 Å². The van der Waals surface area contributed by atoms with E-state index in [2.05, 4.69) is 25.2 Å². The van der Waals surface area contributed by atoms with Crippen LogP contribution in [-0.2, 0) is 0 Å². The Morgan fingerprint density at radius 3 is 2.64 bits per heavy atom. The van der Waals surface area contributed by atoms with Crippen molar-refractivity contribution in [2.24, 2.45) is 5.92 Å². The molecule has 0 aliphatic carbocycles. The van der Waals surface area contributed by atoms with Gasteiger partial charge in [-0.2, -0.15) is 0 Å². The first-order chi connectivity index (χ1) is 5.36. The summed E-state index contributed by atoms with van der Waals surface area (Å²) in [6.07, 6.45) is 6.33. The summed E-state index contributed by atoms with van der Waals surface area (Å²) in [5.41, 5.74) is 1.62. The molecule has 1 rings (SSSR count). The predicted octanol–water partition coefficient (Wildman–Crippen LogP) is 2.34. The van der Waals surface area contributed by atoms with Crippen LogP contribution in [0.2, 0.25) is 0 Å². The molecule has 0 aromatic carbocycles. The molecule has 0 saturated carbocycles. The molecule has 0 bridgehead atoms. The lowest BCUT2D eigenvalue weighted by atomic mass is 10.00. The fourth-order valence-electron chi connectivity index (χ4n) is 1.59. The van der Waals surface area contributed by atoms with Crippen molar-refractivity contribution in [3.05, 3.63) is 11.6 Å². The molecule has 1 saturated heterocycles. The summed E-state index contributed by atoms with van der Waals surface area (Å²) in [6.45, 7) is 6.86. The molecule has 11 heavy (non-hydrogen) atoms. The number of allylic oxidation sites excluding steroid dienone is 1. The molecule has 1 aliphatic rings. The van der Waals surface area contributed by atoms with E-state index in [-0.39, 0.29) is 0 Å². The van der Waals surface area contributed by atoms with Gasteiger partial charge in [-0.15, -0.1) is 0 Å². The zero-order chi connectivity index (χ0) is 8.10. The molecule has 0 unspecified atom stereocenters. The molecule has 0 spiro atoms. The van der Waals surface area contributed by atoms with Gasteiger partial charge in [0.05, 0.1) is 0 Å². The van der Waals surface area contributed by atoms with Crippen LogP contribution >= 0.6 is 0 Å². The van der Waals surface area contributed by atoms with Gasteiger partial charge in [0.25, 0.3) is 0 Å². The van der Waals surface area contributed by atoms with E-state index in [0.717, 1.165) is 12.5 Å². The second-order valence-corrected chi connectivity index (χ2v) is 3.33. The van der Waals surface area contributed by atoms with Crippen LogP contribution in [0.15, 0.2) is 11.6 Å². The largest absolute Gasteiger partial charge is 0.313 e. The quantitative estimate of drug-likeness (QED) is 0.614. The minimum Gasteiger partial charge on any atom is -0.313 e. The van der Waals surface area contributed by atoms with Crippen molar-refractivity contribution in [1.82, 2.24) is 5.32 Å². The van der Waals surface area contributed by atoms with E-state index in [1.54, 1.807) is 5.57 Å². The summed E-state index contributed by atoms with van der Waals surface area (Å²) < 4.78 is 0. The van der Waals surface area contributed by atoms with E-state index in [1.165, 1.54) is 25.8 Å². The van der Waals surface area contributed by atoms with Gasteiger partial charge in [0.1, 0.15) is 0 Å².